The van der Waals surface area contributed by atoms with Crippen molar-refractivity contribution >= 4 is 38.8 Å². The van der Waals surface area contributed by atoms with Crippen molar-refractivity contribution in [2.75, 3.05) is 11.5 Å². The normalized spacial score (nSPS) is 11.2. The second-order valence-electron chi connectivity index (χ2n) is 8.99. The lowest BCUT2D eigenvalue weighted by atomic mass is 9.94. The number of benzene rings is 2. The van der Waals surface area contributed by atoms with E-state index in [0.29, 0.717) is 27.4 Å². The molecule has 3 aromatic heterocycles. The topological polar surface area (TPSA) is 156 Å². The van der Waals surface area contributed by atoms with Gasteiger partial charge in [0, 0.05) is 23.1 Å². The molecule has 9 nitrogen and oxygen atoms in total. The molecule has 3 heterocycles. The van der Waals surface area contributed by atoms with E-state index < -0.39 is 11.4 Å². The predicted octanol–water partition coefficient (Wildman–Crippen LogP) is 4.22. The summed E-state index contributed by atoms with van der Waals surface area (Å²) in [5.74, 6) is -0.265. The molecule has 0 radical (unpaired) electrons. The number of thiophene rings is 1. The largest absolute Gasteiger partial charge is 0.439 e. The quantitative estimate of drug-likeness (QED) is 0.236. The number of pyridine rings is 1. The first-order chi connectivity index (χ1) is 17.7. The van der Waals surface area contributed by atoms with E-state index in [9.17, 15) is 14.9 Å². The summed E-state index contributed by atoms with van der Waals surface area (Å²) >= 11 is 1.01. The minimum Gasteiger partial charge on any atom is -0.397 e. The van der Waals surface area contributed by atoms with E-state index in [1.807, 2.05) is 43.3 Å². The second-order valence-corrected chi connectivity index (χ2v) is 9.99. The lowest BCUT2D eigenvalue weighted by molar-refractivity contribution is -0.672. The highest BCUT2D eigenvalue weighted by molar-refractivity contribution is 7.21. The van der Waals surface area contributed by atoms with Crippen molar-refractivity contribution in [3.8, 4) is 22.9 Å². The zero-order valence-electron chi connectivity index (χ0n) is 20.3. The summed E-state index contributed by atoms with van der Waals surface area (Å²) in [5, 5.41) is 12.8. The van der Waals surface area contributed by atoms with Crippen LogP contribution in [-0.2, 0) is 0 Å². The van der Waals surface area contributed by atoms with E-state index in [-0.39, 0.29) is 27.6 Å². The minimum atomic E-state index is -0.836. The molecule has 0 aliphatic rings. The number of hydrogen-bond acceptors (Lipinski definition) is 8. The number of nitrogens with one attached hydrogen (secondary N) is 1. The first-order valence-corrected chi connectivity index (χ1v) is 12.3. The molecule has 5 aromatic rings. The van der Waals surface area contributed by atoms with Gasteiger partial charge in [-0.05, 0) is 33.9 Å². The van der Waals surface area contributed by atoms with Crippen molar-refractivity contribution in [3.63, 3.8) is 0 Å². The van der Waals surface area contributed by atoms with Crippen LogP contribution in [0.1, 0.15) is 51.8 Å². The summed E-state index contributed by atoms with van der Waals surface area (Å²) in [6.07, 6.45) is 0. The molecule has 0 spiro atoms. The van der Waals surface area contributed by atoms with Crippen molar-refractivity contribution in [2.24, 2.45) is 0 Å². The lowest BCUT2D eigenvalue weighted by Crippen LogP contribution is -2.41. The minimum absolute atomic E-state index is 0.0362. The zero-order valence-corrected chi connectivity index (χ0v) is 21.1. The number of rotatable bonds is 5. The van der Waals surface area contributed by atoms with Crippen molar-refractivity contribution in [1.82, 2.24) is 10.3 Å². The average molecular weight is 512 g/mol. The van der Waals surface area contributed by atoms with Crippen LogP contribution in [0.15, 0.2) is 57.8 Å². The van der Waals surface area contributed by atoms with E-state index in [1.165, 1.54) is 4.68 Å². The van der Waals surface area contributed by atoms with Crippen LogP contribution in [0.4, 0.5) is 11.5 Å². The average Bonchev–Trinajstić information content (AvgIpc) is 3.42. The third kappa shape index (κ3) is 3.95. The Kier molecular flexibility index (Phi) is 5.85. The number of H-pyrrole nitrogens is 1. The van der Waals surface area contributed by atoms with E-state index in [2.05, 4.69) is 30.2 Å². The third-order valence-electron chi connectivity index (χ3n) is 6.24. The van der Waals surface area contributed by atoms with Gasteiger partial charge in [0.25, 0.3) is 5.78 Å². The molecule has 0 atom stereocenters. The smallest absolute Gasteiger partial charge is 0.397 e. The van der Waals surface area contributed by atoms with Crippen LogP contribution < -0.4 is 21.8 Å². The van der Waals surface area contributed by atoms with Crippen LogP contribution in [0.5, 0.6) is 0 Å². The summed E-state index contributed by atoms with van der Waals surface area (Å²) in [6.45, 7) is 6.11. The van der Waals surface area contributed by atoms with Gasteiger partial charge < -0.3 is 11.5 Å². The summed E-state index contributed by atoms with van der Waals surface area (Å²) < 4.78 is 6.24. The number of aromatic nitrogens is 3. The maximum atomic E-state index is 13.7. The van der Waals surface area contributed by atoms with E-state index in [1.54, 1.807) is 12.1 Å². The highest BCUT2D eigenvalue weighted by Crippen LogP contribution is 2.43. The number of anilines is 2. The monoisotopic (exact) mass is 511 g/mol. The fraction of sp³-hybridized carbons (Fsp3) is 0.148. The number of nitrogens with zero attached hydrogens (tertiary/aromatic N) is 3. The highest BCUT2D eigenvalue weighted by atomic mass is 32.1. The van der Waals surface area contributed by atoms with Gasteiger partial charge in [0.1, 0.15) is 27.2 Å². The van der Waals surface area contributed by atoms with Crippen LogP contribution >= 0.6 is 11.3 Å². The SMILES string of the molecule is Cc1ccc(-[n+]2[nH]oc(=O)c2C(=O)c2sc3nc(N)c(C#N)c(-c4ccc(C(C)C)cc4)c3c2N)cc1. The molecular weight excluding hydrogens is 488 g/mol. The Morgan fingerprint density at radius 2 is 1.81 bits per heavy atom. The fourth-order valence-electron chi connectivity index (χ4n) is 4.23. The van der Waals surface area contributed by atoms with E-state index >= 15 is 0 Å². The van der Waals surface area contributed by atoms with E-state index in [0.717, 1.165) is 28.0 Å². The Hall–Kier alpha value is -4.75. The molecule has 0 saturated carbocycles. The molecule has 0 aliphatic heterocycles. The number of ketones is 1. The van der Waals surface area contributed by atoms with Gasteiger partial charge in [0.15, 0.2) is 0 Å². The predicted molar refractivity (Wildman–Crippen MR) is 142 cm³/mol. The molecule has 5 N–H and O–H groups in total. The second kappa shape index (κ2) is 9.04. The molecule has 0 unspecified atom stereocenters. The number of nitrogens with two attached hydrogens (primary N) is 2. The number of nitrogen functional groups attached to an aromatic ring is 2. The Morgan fingerprint density at radius 1 is 1.14 bits per heavy atom. The number of carbonyl (C=O) groups is 1. The highest BCUT2D eigenvalue weighted by Gasteiger charge is 2.35. The van der Waals surface area contributed by atoms with Crippen LogP contribution in [0.3, 0.4) is 0 Å². The van der Waals surface area contributed by atoms with E-state index in [4.69, 9.17) is 16.0 Å². The molecule has 2 aromatic carbocycles. The van der Waals surface area contributed by atoms with Gasteiger partial charge in [-0.2, -0.15) is 5.26 Å². The molecular formula is C27H23N6O3S+. The summed E-state index contributed by atoms with van der Waals surface area (Å²) in [4.78, 5) is 31.1. The zero-order chi connectivity index (χ0) is 26.4. The standard InChI is InChI=1S/C27H22N6O3S/c1-13(2)15-6-8-16(9-7-15)19-18(12-28)25(30)31-26-20(19)21(29)24(37-26)23(34)22-27(35)36-32-33(22)17-10-4-14(3)5-11-17/h4-11,13H,1-3H3,(H4-,29,30,31,32,34,35)/p+1. The van der Waals surface area contributed by atoms with Crippen LogP contribution in [-0.4, -0.2) is 16.0 Å². The summed E-state index contributed by atoms with van der Waals surface area (Å²) in [6, 6.07) is 17.1. The molecule has 0 amide bonds. The van der Waals surface area contributed by atoms with Crippen molar-refractivity contribution in [1.29, 1.82) is 5.26 Å². The molecule has 0 fully saturated rings. The maximum Gasteiger partial charge on any atom is 0.439 e. The van der Waals surface area contributed by atoms with Crippen LogP contribution in [0.2, 0.25) is 0 Å². The van der Waals surface area contributed by atoms with Crippen LogP contribution in [0.25, 0.3) is 27.0 Å². The Balaban J connectivity index is 1.72. The van der Waals surface area contributed by atoms with Gasteiger partial charge in [-0.25, -0.2) is 9.78 Å². The molecule has 0 saturated heterocycles. The number of aryl methyl sites for hydroxylation is 1. The van der Waals surface area contributed by atoms with Gasteiger partial charge >= 0.3 is 11.3 Å². The van der Waals surface area contributed by atoms with Gasteiger partial charge in [-0.15, -0.1) is 11.3 Å². The summed E-state index contributed by atoms with van der Waals surface area (Å²) in [5.41, 5.74) is 15.8. The molecule has 184 valence electrons. The molecule has 0 bridgehead atoms. The van der Waals surface area contributed by atoms with Crippen molar-refractivity contribution < 1.29 is 14.0 Å². The first-order valence-electron chi connectivity index (χ1n) is 11.5. The maximum absolute atomic E-state index is 13.7. The Bertz CT molecular complexity index is 1770. The Labute approximate surface area is 215 Å². The lowest BCUT2D eigenvalue weighted by Gasteiger charge is -2.11. The number of carbonyl (C=O) groups excluding carboxylic acids is 1. The third-order valence-corrected chi connectivity index (χ3v) is 7.34. The van der Waals surface area contributed by atoms with Gasteiger partial charge in [-0.3, -0.25) is 9.32 Å². The molecule has 5 rings (SSSR count). The summed E-state index contributed by atoms with van der Waals surface area (Å²) in [7, 11) is 0. The Morgan fingerprint density at radius 3 is 2.43 bits per heavy atom. The number of fused-ring (bicyclic) bond motifs is 1. The van der Waals surface area contributed by atoms with Crippen molar-refractivity contribution in [3.05, 3.63) is 86.2 Å². The van der Waals surface area contributed by atoms with Crippen LogP contribution in [0, 0.1) is 18.3 Å². The first kappa shape index (κ1) is 24.0. The fourth-order valence-corrected chi connectivity index (χ4v) is 5.28. The number of nitriles is 1. The number of hydrogen-bond donors (Lipinski definition) is 3. The number of aromatic amines is 1. The van der Waals surface area contributed by atoms with Crippen molar-refractivity contribution in [2.45, 2.75) is 26.7 Å². The van der Waals surface area contributed by atoms with Gasteiger partial charge in [0.05, 0.1) is 5.69 Å². The van der Waals surface area contributed by atoms with Gasteiger partial charge in [-0.1, -0.05) is 55.8 Å². The molecule has 0 aliphatic carbocycles. The molecule has 10 heteroatoms. The molecule has 37 heavy (non-hydrogen) atoms. The van der Waals surface area contributed by atoms with Gasteiger partial charge in [0.2, 0.25) is 5.69 Å².